The summed E-state index contributed by atoms with van der Waals surface area (Å²) in [6.07, 6.45) is 0.978. The van der Waals surface area contributed by atoms with Crippen LogP contribution in [0.1, 0.15) is 30.8 Å². The first-order chi connectivity index (χ1) is 15.5. The predicted molar refractivity (Wildman–Crippen MR) is 123 cm³/mol. The van der Waals surface area contributed by atoms with E-state index in [0.717, 1.165) is 5.56 Å². The summed E-state index contributed by atoms with van der Waals surface area (Å²) in [5.41, 5.74) is 1.90. The fourth-order valence-electron chi connectivity index (χ4n) is 3.73. The van der Waals surface area contributed by atoms with Crippen LogP contribution in [0.4, 0.5) is 4.39 Å². The number of aryl methyl sites for hydroxylation is 1. The van der Waals surface area contributed by atoms with Crippen molar-refractivity contribution in [3.63, 3.8) is 0 Å². The predicted octanol–water partition coefficient (Wildman–Crippen LogP) is 4.68. The third-order valence-electron chi connectivity index (χ3n) is 5.70. The molecule has 0 N–H and O–H groups in total. The van der Waals surface area contributed by atoms with Crippen LogP contribution >= 0.6 is 0 Å². The summed E-state index contributed by atoms with van der Waals surface area (Å²) in [5.74, 6) is -0.0105. The summed E-state index contributed by atoms with van der Waals surface area (Å²) in [5, 5.41) is 0.464. The van der Waals surface area contributed by atoms with Gasteiger partial charge in [0.1, 0.15) is 11.6 Å². The normalized spacial score (nSPS) is 12.0. The van der Waals surface area contributed by atoms with Gasteiger partial charge in [-0.3, -0.25) is 14.2 Å². The molecule has 1 amide bonds. The highest BCUT2D eigenvalue weighted by molar-refractivity contribution is 5.79. The van der Waals surface area contributed by atoms with E-state index in [-0.39, 0.29) is 11.5 Å². The Kier molecular flexibility index (Phi) is 6.12. The van der Waals surface area contributed by atoms with Gasteiger partial charge < -0.3 is 4.90 Å². The highest BCUT2D eigenvalue weighted by Crippen LogP contribution is 2.23. The average Bonchev–Trinajstić information content (AvgIpc) is 2.83. The minimum absolute atomic E-state index is 0.0468. The number of benzene rings is 3. The molecule has 1 heterocycles. The quantitative estimate of drug-likeness (QED) is 0.447. The van der Waals surface area contributed by atoms with Crippen molar-refractivity contribution in [3.05, 3.63) is 106 Å². The molecule has 1 aromatic heterocycles. The second kappa shape index (κ2) is 9.14. The lowest BCUT2D eigenvalue weighted by molar-refractivity contribution is -0.131. The fraction of sp³-hybridized carbons (Fsp3) is 0.192. The van der Waals surface area contributed by atoms with Crippen LogP contribution in [-0.4, -0.2) is 27.4 Å². The van der Waals surface area contributed by atoms with Gasteiger partial charge in [-0.05, 0) is 55.3 Å². The molecule has 0 fully saturated rings. The molecule has 162 valence electrons. The van der Waals surface area contributed by atoms with Gasteiger partial charge in [-0.25, -0.2) is 9.37 Å². The standard InChI is InChI=1S/C26H24FN3O2/c1-18(29(2)24(31)17-12-19-8-4-3-5-9-19)25-28-23-11-7-6-10-22(23)26(32)30(25)21-15-13-20(27)14-16-21/h3-11,13-16,18H,12,17H2,1-2H3. The van der Waals surface area contributed by atoms with Crippen LogP contribution < -0.4 is 5.56 Å². The molecule has 0 aliphatic rings. The minimum Gasteiger partial charge on any atom is -0.336 e. The first kappa shape index (κ1) is 21.4. The molecule has 4 aromatic rings. The Morgan fingerprint density at radius 2 is 1.66 bits per heavy atom. The highest BCUT2D eigenvalue weighted by atomic mass is 19.1. The van der Waals surface area contributed by atoms with Gasteiger partial charge in [0, 0.05) is 13.5 Å². The fourth-order valence-corrected chi connectivity index (χ4v) is 3.73. The molecular formula is C26H24FN3O2. The molecule has 1 atom stereocenters. The number of halogens is 1. The molecule has 0 saturated heterocycles. The zero-order chi connectivity index (χ0) is 22.7. The maximum absolute atomic E-state index is 13.5. The molecule has 4 rings (SSSR count). The van der Waals surface area contributed by atoms with Gasteiger partial charge in [-0.2, -0.15) is 0 Å². The van der Waals surface area contributed by atoms with Gasteiger partial charge in [-0.15, -0.1) is 0 Å². The highest BCUT2D eigenvalue weighted by Gasteiger charge is 2.24. The lowest BCUT2D eigenvalue weighted by Gasteiger charge is -2.27. The van der Waals surface area contributed by atoms with Crippen molar-refractivity contribution in [1.29, 1.82) is 0 Å². The lowest BCUT2D eigenvalue weighted by Crippen LogP contribution is -2.35. The van der Waals surface area contributed by atoms with Crippen molar-refractivity contribution in [2.75, 3.05) is 7.05 Å². The number of carbonyl (C=O) groups is 1. The van der Waals surface area contributed by atoms with Crippen LogP contribution in [0.5, 0.6) is 0 Å². The van der Waals surface area contributed by atoms with Crippen LogP contribution in [0.2, 0.25) is 0 Å². The van der Waals surface area contributed by atoms with E-state index in [1.54, 1.807) is 42.3 Å². The summed E-state index contributed by atoms with van der Waals surface area (Å²) in [6, 6.07) is 22.2. The lowest BCUT2D eigenvalue weighted by atomic mass is 10.1. The summed E-state index contributed by atoms with van der Waals surface area (Å²) >= 11 is 0. The summed E-state index contributed by atoms with van der Waals surface area (Å²) < 4.78 is 15.0. The van der Waals surface area contributed by atoms with Crippen molar-refractivity contribution in [2.45, 2.75) is 25.8 Å². The smallest absolute Gasteiger partial charge is 0.266 e. The van der Waals surface area contributed by atoms with Gasteiger partial charge >= 0.3 is 0 Å². The topological polar surface area (TPSA) is 55.2 Å². The Hall–Kier alpha value is -3.80. The second-order valence-electron chi connectivity index (χ2n) is 7.77. The molecule has 0 aliphatic carbocycles. The van der Waals surface area contributed by atoms with Crippen molar-refractivity contribution in [1.82, 2.24) is 14.5 Å². The zero-order valence-corrected chi connectivity index (χ0v) is 18.0. The van der Waals surface area contributed by atoms with Crippen molar-refractivity contribution < 1.29 is 9.18 Å². The van der Waals surface area contributed by atoms with Crippen LogP contribution in [0.25, 0.3) is 16.6 Å². The largest absolute Gasteiger partial charge is 0.336 e. The molecule has 5 nitrogen and oxygen atoms in total. The Balaban J connectivity index is 1.71. The number of hydrogen-bond donors (Lipinski definition) is 0. The molecule has 0 bridgehead atoms. The third kappa shape index (κ3) is 4.30. The Bertz CT molecular complexity index is 1300. The molecule has 3 aromatic carbocycles. The minimum atomic E-state index is -0.472. The SMILES string of the molecule is CC(c1nc2ccccc2c(=O)n1-c1ccc(F)cc1)N(C)C(=O)CCc1ccccc1. The Morgan fingerprint density at radius 1 is 1.00 bits per heavy atom. The van der Waals surface area contributed by atoms with Gasteiger partial charge in [0.05, 0.1) is 22.6 Å². The van der Waals surface area contributed by atoms with Gasteiger partial charge in [-0.1, -0.05) is 42.5 Å². The molecule has 6 heteroatoms. The monoisotopic (exact) mass is 429 g/mol. The van der Waals surface area contributed by atoms with Crippen LogP contribution in [-0.2, 0) is 11.2 Å². The Labute approximate surface area is 185 Å². The maximum Gasteiger partial charge on any atom is 0.266 e. The molecule has 0 spiro atoms. The van der Waals surface area contributed by atoms with E-state index in [0.29, 0.717) is 35.3 Å². The summed E-state index contributed by atoms with van der Waals surface area (Å²) in [7, 11) is 1.72. The molecule has 0 saturated carbocycles. The number of fused-ring (bicyclic) bond motifs is 1. The van der Waals surface area contributed by atoms with Crippen LogP contribution in [0.15, 0.2) is 83.7 Å². The average molecular weight is 429 g/mol. The van der Waals surface area contributed by atoms with E-state index in [2.05, 4.69) is 0 Å². The van der Waals surface area contributed by atoms with E-state index >= 15 is 0 Å². The van der Waals surface area contributed by atoms with E-state index in [9.17, 15) is 14.0 Å². The van der Waals surface area contributed by atoms with Crippen molar-refractivity contribution >= 4 is 16.8 Å². The maximum atomic E-state index is 13.5. The first-order valence-corrected chi connectivity index (χ1v) is 10.5. The van der Waals surface area contributed by atoms with Crippen molar-refractivity contribution in [2.24, 2.45) is 0 Å². The number of hydrogen-bond acceptors (Lipinski definition) is 3. The summed E-state index contributed by atoms with van der Waals surface area (Å²) in [6.45, 7) is 1.84. The molecule has 0 aliphatic heterocycles. The zero-order valence-electron chi connectivity index (χ0n) is 18.0. The second-order valence-corrected chi connectivity index (χ2v) is 7.77. The van der Waals surface area contributed by atoms with Gasteiger partial charge in [0.2, 0.25) is 5.91 Å². The number of amides is 1. The van der Waals surface area contributed by atoms with Gasteiger partial charge in [0.15, 0.2) is 0 Å². The third-order valence-corrected chi connectivity index (χ3v) is 5.70. The molecule has 0 radical (unpaired) electrons. The van der Waals surface area contributed by atoms with E-state index in [4.69, 9.17) is 4.98 Å². The molecular weight excluding hydrogens is 405 g/mol. The van der Waals surface area contributed by atoms with E-state index in [1.165, 1.54) is 16.7 Å². The number of para-hydroxylation sites is 1. The molecule has 32 heavy (non-hydrogen) atoms. The van der Waals surface area contributed by atoms with Crippen molar-refractivity contribution in [3.8, 4) is 5.69 Å². The van der Waals surface area contributed by atoms with Gasteiger partial charge in [0.25, 0.3) is 5.56 Å². The number of aromatic nitrogens is 2. The van der Waals surface area contributed by atoms with Crippen LogP contribution in [0.3, 0.4) is 0 Å². The first-order valence-electron chi connectivity index (χ1n) is 10.5. The number of nitrogens with zero attached hydrogens (tertiary/aromatic N) is 3. The van der Waals surface area contributed by atoms with Crippen LogP contribution in [0, 0.1) is 5.82 Å². The van der Waals surface area contributed by atoms with E-state index in [1.807, 2.05) is 43.3 Å². The van der Waals surface area contributed by atoms with E-state index < -0.39 is 11.9 Å². The number of rotatable bonds is 6. The summed E-state index contributed by atoms with van der Waals surface area (Å²) in [4.78, 5) is 32.6. The Morgan fingerprint density at radius 3 is 2.38 bits per heavy atom. The molecule has 1 unspecified atom stereocenters. The number of carbonyl (C=O) groups excluding carboxylic acids is 1.